The molecule has 1 atom stereocenters. The van der Waals surface area contributed by atoms with Crippen LogP contribution in [0.3, 0.4) is 0 Å². The Morgan fingerprint density at radius 2 is 1.62 bits per heavy atom. The van der Waals surface area contributed by atoms with Crippen LogP contribution in [-0.4, -0.2) is 18.1 Å². The Bertz CT molecular complexity index is 516. The van der Waals surface area contributed by atoms with Gasteiger partial charge < -0.3 is 10.6 Å². The molecule has 112 valence electrons. The Morgan fingerprint density at radius 1 is 0.952 bits per heavy atom. The molecule has 1 unspecified atom stereocenters. The zero-order chi connectivity index (χ0) is 15.1. The molecule has 1 aromatic heterocycles. The van der Waals surface area contributed by atoms with Crippen molar-refractivity contribution in [1.29, 1.82) is 0 Å². The van der Waals surface area contributed by atoms with Gasteiger partial charge in [-0.3, -0.25) is 0 Å². The number of rotatable bonds is 7. The number of benzene rings is 1. The van der Waals surface area contributed by atoms with Gasteiger partial charge in [-0.1, -0.05) is 50.2 Å². The third-order valence-corrected chi connectivity index (χ3v) is 3.60. The summed E-state index contributed by atoms with van der Waals surface area (Å²) in [7, 11) is 0. The van der Waals surface area contributed by atoms with Gasteiger partial charge in [0.25, 0.3) is 0 Å². The first kappa shape index (κ1) is 15.5. The summed E-state index contributed by atoms with van der Waals surface area (Å²) >= 11 is 0. The van der Waals surface area contributed by atoms with Crippen LogP contribution in [0, 0.1) is 0 Å². The van der Waals surface area contributed by atoms with E-state index in [0.717, 1.165) is 42.9 Å². The minimum Gasteiger partial charge on any atom is -0.357 e. The van der Waals surface area contributed by atoms with Crippen molar-refractivity contribution in [1.82, 2.24) is 4.98 Å². The molecule has 1 heterocycles. The number of hydrogen-bond acceptors (Lipinski definition) is 3. The third kappa shape index (κ3) is 4.05. The van der Waals surface area contributed by atoms with E-state index >= 15 is 0 Å². The van der Waals surface area contributed by atoms with Crippen molar-refractivity contribution in [3.05, 3.63) is 59.8 Å². The van der Waals surface area contributed by atoms with Gasteiger partial charge in [-0.25, -0.2) is 4.98 Å². The predicted molar refractivity (Wildman–Crippen MR) is 89.5 cm³/mol. The average molecular weight is 283 g/mol. The second kappa shape index (κ2) is 7.79. The second-order valence-corrected chi connectivity index (χ2v) is 5.33. The van der Waals surface area contributed by atoms with Gasteiger partial charge in [0.15, 0.2) is 0 Å². The largest absolute Gasteiger partial charge is 0.357 e. The van der Waals surface area contributed by atoms with Crippen molar-refractivity contribution in [3.8, 4) is 0 Å². The van der Waals surface area contributed by atoms with E-state index < -0.39 is 0 Å². The molecule has 0 spiro atoms. The van der Waals surface area contributed by atoms with E-state index in [-0.39, 0.29) is 6.04 Å². The Morgan fingerprint density at radius 3 is 2.14 bits per heavy atom. The van der Waals surface area contributed by atoms with E-state index in [4.69, 9.17) is 5.73 Å². The highest BCUT2D eigenvalue weighted by Crippen LogP contribution is 2.20. The van der Waals surface area contributed by atoms with Gasteiger partial charge in [-0.15, -0.1) is 0 Å². The van der Waals surface area contributed by atoms with Crippen LogP contribution in [0.5, 0.6) is 0 Å². The number of nitrogens with zero attached hydrogens (tertiary/aromatic N) is 2. The number of anilines is 1. The minimum atomic E-state index is -0.112. The van der Waals surface area contributed by atoms with Crippen LogP contribution in [0.25, 0.3) is 0 Å². The number of pyridine rings is 1. The molecule has 0 bridgehead atoms. The van der Waals surface area contributed by atoms with Gasteiger partial charge in [-0.2, -0.15) is 0 Å². The van der Waals surface area contributed by atoms with E-state index in [9.17, 15) is 0 Å². The summed E-state index contributed by atoms with van der Waals surface area (Å²) in [6.45, 7) is 6.49. The van der Waals surface area contributed by atoms with Crippen LogP contribution in [-0.2, 0) is 0 Å². The summed E-state index contributed by atoms with van der Waals surface area (Å²) in [5.41, 5.74) is 8.48. The Balaban J connectivity index is 2.14. The normalized spacial score (nSPS) is 12.1. The Kier molecular flexibility index (Phi) is 5.76. The van der Waals surface area contributed by atoms with Gasteiger partial charge in [0.05, 0.1) is 6.04 Å². The number of hydrogen-bond donors (Lipinski definition) is 1. The lowest BCUT2D eigenvalue weighted by Gasteiger charge is -2.23. The third-order valence-electron chi connectivity index (χ3n) is 3.60. The van der Waals surface area contributed by atoms with Crippen molar-refractivity contribution < 1.29 is 0 Å². The van der Waals surface area contributed by atoms with Crippen LogP contribution in [0.2, 0.25) is 0 Å². The first-order chi connectivity index (χ1) is 10.3. The molecule has 0 amide bonds. The number of nitrogens with two attached hydrogens (primary N) is 1. The van der Waals surface area contributed by atoms with Crippen molar-refractivity contribution in [2.75, 3.05) is 18.0 Å². The second-order valence-electron chi connectivity index (χ2n) is 5.33. The van der Waals surface area contributed by atoms with Gasteiger partial charge in [0.2, 0.25) is 0 Å². The van der Waals surface area contributed by atoms with Gasteiger partial charge >= 0.3 is 0 Å². The smallest absolute Gasteiger partial charge is 0.128 e. The average Bonchev–Trinajstić information content (AvgIpc) is 2.55. The number of aromatic nitrogens is 1. The molecule has 0 aliphatic heterocycles. The van der Waals surface area contributed by atoms with E-state index in [1.165, 1.54) is 0 Å². The van der Waals surface area contributed by atoms with Crippen LogP contribution in [0.1, 0.15) is 43.9 Å². The molecule has 2 N–H and O–H groups in total. The topological polar surface area (TPSA) is 42.1 Å². The maximum absolute atomic E-state index is 6.31. The van der Waals surface area contributed by atoms with Gasteiger partial charge in [0.1, 0.15) is 5.82 Å². The molecular formula is C18H25N3. The van der Waals surface area contributed by atoms with Crippen molar-refractivity contribution in [3.63, 3.8) is 0 Å². The maximum atomic E-state index is 6.31. The molecule has 0 saturated heterocycles. The van der Waals surface area contributed by atoms with Crippen LogP contribution >= 0.6 is 0 Å². The zero-order valence-corrected chi connectivity index (χ0v) is 13.0. The molecule has 0 radical (unpaired) electrons. The molecule has 0 aliphatic rings. The Hall–Kier alpha value is -1.87. The standard InChI is InChI=1S/C18H25N3/c1-3-12-21(13-4-2)17-11-10-16(14-20-17)18(19)15-8-6-5-7-9-15/h5-11,14,18H,3-4,12-13,19H2,1-2H3. The highest BCUT2D eigenvalue weighted by atomic mass is 15.2. The summed E-state index contributed by atoms with van der Waals surface area (Å²) in [6, 6.07) is 14.2. The van der Waals surface area contributed by atoms with Crippen molar-refractivity contribution in [2.24, 2.45) is 5.73 Å². The molecular weight excluding hydrogens is 258 g/mol. The fourth-order valence-corrected chi connectivity index (χ4v) is 2.50. The van der Waals surface area contributed by atoms with Gasteiger partial charge in [0, 0.05) is 19.3 Å². The monoisotopic (exact) mass is 283 g/mol. The first-order valence-corrected chi connectivity index (χ1v) is 7.77. The van der Waals surface area contributed by atoms with E-state index in [2.05, 4.69) is 48.0 Å². The van der Waals surface area contributed by atoms with Gasteiger partial charge in [-0.05, 0) is 30.0 Å². The highest BCUT2D eigenvalue weighted by Gasteiger charge is 2.10. The van der Waals surface area contributed by atoms with Crippen LogP contribution in [0.4, 0.5) is 5.82 Å². The minimum absolute atomic E-state index is 0.112. The zero-order valence-electron chi connectivity index (χ0n) is 13.0. The molecule has 3 heteroatoms. The predicted octanol–water partition coefficient (Wildman–Crippen LogP) is 3.76. The lowest BCUT2D eigenvalue weighted by atomic mass is 10.0. The highest BCUT2D eigenvalue weighted by molar-refractivity contribution is 5.41. The molecule has 2 rings (SSSR count). The molecule has 2 aromatic rings. The lowest BCUT2D eigenvalue weighted by Crippen LogP contribution is -2.26. The van der Waals surface area contributed by atoms with Crippen LogP contribution in [0.15, 0.2) is 48.7 Å². The lowest BCUT2D eigenvalue weighted by molar-refractivity contribution is 0.732. The SMILES string of the molecule is CCCN(CCC)c1ccc(C(N)c2ccccc2)cn1. The summed E-state index contributed by atoms with van der Waals surface area (Å²) < 4.78 is 0. The summed E-state index contributed by atoms with van der Waals surface area (Å²) in [6.07, 6.45) is 4.17. The molecule has 1 aromatic carbocycles. The molecule has 21 heavy (non-hydrogen) atoms. The van der Waals surface area contributed by atoms with Crippen LogP contribution < -0.4 is 10.6 Å². The summed E-state index contributed by atoms with van der Waals surface area (Å²) in [5.74, 6) is 1.04. The molecule has 0 saturated carbocycles. The quantitative estimate of drug-likeness (QED) is 0.841. The maximum Gasteiger partial charge on any atom is 0.128 e. The van der Waals surface area contributed by atoms with E-state index in [1.807, 2.05) is 24.4 Å². The fourth-order valence-electron chi connectivity index (χ4n) is 2.50. The Labute approximate surface area is 127 Å². The fraction of sp³-hybridized carbons (Fsp3) is 0.389. The van der Waals surface area contributed by atoms with E-state index in [1.54, 1.807) is 0 Å². The summed E-state index contributed by atoms with van der Waals surface area (Å²) in [4.78, 5) is 6.94. The molecule has 0 aliphatic carbocycles. The first-order valence-electron chi connectivity index (χ1n) is 7.77. The van der Waals surface area contributed by atoms with Crippen molar-refractivity contribution in [2.45, 2.75) is 32.7 Å². The summed E-state index contributed by atoms with van der Waals surface area (Å²) in [5, 5.41) is 0. The molecule has 3 nitrogen and oxygen atoms in total. The van der Waals surface area contributed by atoms with Crippen molar-refractivity contribution >= 4 is 5.82 Å². The molecule has 0 fully saturated rings. The van der Waals surface area contributed by atoms with E-state index in [0.29, 0.717) is 0 Å².